The van der Waals surface area contributed by atoms with Crippen molar-refractivity contribution in [3.63, 3.8) is 0 Å². The Bertz CT molecular complexity index is 2140. The third kappa shape index (κ3) is 4.76. The molecule has 2 aliphatic carbocycles. The minimum atomic E-state index is -3.62. The van der Waals surface area contributed by atoms with Gasteiger partial charge in [-0.3, -0.25) is 9.41 Å². The van der Waals surface area contributed by atoms with Gasteiger partial charge >= 0.3 is 265 Å². The van der Waals surface area contributed by atoms with E-state index in [2.05, 4.69) is 163 Å². The molecule has 2 aliphatic rings. The smallest absolute Gasteiger partial charge is 0.269 e. The summed E-state index contributed by atoms with van der Waals surface area (Å²) in [5.41, 5.74) is 14.5. The summed E-state index contributed by atoms with van der Waals surface area (Å²) in [7, 11) is 0. The number of hydrogen-bond donors (Lipinski definition) is 0. The molecule has 0 spiro atoms. The number of hydrogen-bond acceptors (Lipinski definition) is 0. The van der Waals surface area contributed by atoms with E-state index in [1.165, 1.54) is 54.9 Å². The number of benzene rings is 6. The first-order valence-electron chi connectivity index (χ1n) is 15.9. The fraction of sp³-hybridized carbons (Fsp3) is 0.143. The van der Waals surface area contributed by atoms with Crippen molar-refractivity contribution in [1.29, 1.82) is 0 Å². The summed E-state index contributed by atoms with van der Waals surface area (Å²) in [5.74, 6) is 0. The summed E-state index contributed by atoms with van der Waals surface area (Å²) < 4.78 is 6.48. The number of allylic oxidation sites excluding steroid dienone is 2. The molecule has 2 atom stereocenters. The first-order chi connectivity index (χ1) is 21.2. The molecule has 8 rings (SSSR count). The van der Waals surface area contributed by atoms with Crippen molar-refractivity contribution in [3.8, 4) is 22.3 Å². The molecule has 0 heterocycles. The molecule has 0 N–H and O–H groups in total. The van der Waals surface area contributed by atoms with E-state index >= 15 is 0 Å². The standard InChI is InChI=1S/2C20H15.2CH3.2FH.H2Si.Zr/c2*1-14-12-16-8-5-11-19(20(16)13-14)18-10-4-7-15-6-2-3-9-17(15)18;;;;;;/h2*2-13H,1H3;2*1H3;2*1H;1H2;. The van der Waals surface area contributed by atoms with Gasteiger partial charge in [-0.15, -0.1) is 0 Å². The van der Waals surface area contributed by atoms with E-state index in [0.717, 1.165) is 0 Å². The first kappa shape index (κ1) is 32.2. The summed E-state index contributed by atoms with van der Waals surface area (Å²) in [6.45, 7) is 7.25. The number of halogens is 2. The Morgan fingerprint density at radius 2 is 0.804 bits per heavy atom. The largest absolute Gasteiger partial charge is 0.269 e. The van der Waals surface area contributed by atoms with Crippen LogP contribution in [0.3, 0.4) is 0 Å². The van der Waals surface area contributed by atoms with Gasteiger partial charge in [-0.05, 0) is 0 Å². The maximum absolute atomic E-state index is 3.62. The van der Waals surface area contributed by atoms with Gasteiger partial charge in [0.1, 0.15) is 0 Å². The molecule has 0 fully saturated rings. The normalized spacial score (nSPS) is 17.1. The molecule has 6 aromatic carbocycles. The van der Waals surface area contributed by atoms with Crippen LogP contribution in [-0.4, -0.2) is 6.88 Å². The summed E-state index contributed by atoms with van der Waals surface area (Å²) in [4.78, 5) is 0. The SMILES string of the molecule is CC1=Cc2c(-c3cccc4ccccc34)cccc2[CH]1[Zr]([CH3])([CH3])(=[SiH2])[CH]1C(C)=Cc2c(-c3cccc4ccccc34)cccc21.F.F. The third-order valence-corrected chi connectivity index (χ3v) is 28.5. The third-order valence-electron chi connectivity index (χ3n) is 10.6. The van der Waals surface area contributed by atoms with E-state index in [9.17, 15) is 0 Å². The predicted octanol–water partition coefficient (Wildman–Crippen LogP) is 11.6. The van der Waals surface area contributed by atoms with E-state index in [0.29, 0.717) is 7.25 Å². The number of rotatable bonds is 4. The second-order valence-corrected chi connectivity index (χ2v) is 44.7. The van der Waals surface area contributed by atoms with Crippen molar-refractivity contribution in [3.05, 3.63) is 155 Å². The van der Waals surface area contributed by atoms with Gasteiger partial charge in [0.05, 0.1) is 0 Å². The van der Waals surface area contributed by atoms with E-state index in [-0.39, 0.29) is 9.41 Å². The molecule has 2 unspecified atom stereocenters. The molecule has 0 aromatic heterocycles. The zero-order valence-electron chi connectivity index (χ0n) is 26.9. The second kappa shape index (κ2) is 11.5. The molecule has 0 saturated carbocycles. The fourth-order valence-corrected chi connectivity index (χ4v) is 30.4. The van der Waals surface area contributed by atoms with Crippen LogP contribution in [0.1, 0.15) is 43.4 Å². The van der Waals surface area contributed by atoms with Crippen LogP contribution in [0.5, 0.6) is 0 Å². The molecule has 46 heavy (non-hydrogen) atoms. The van der Waals surface area contributed by atoms with Gasteiger partial charge in [-0.2, -0.15) is 0 Å². The van der Waals surface area contributed by atoms with Crippen LogP contribution in [0.15, 0.2) is 132 Å². The van der Waals surface area contributed by atoms with Crippen molar-refractivity contribution in [2.24, 2.45) is 0 Å². The van der Waals surface area contributed by atoms with Gasteiger partial charge in [-0.1, -0.05) is 0 Å². The maximum atomic E-state index is 2.74. The first-order valence-corrected chi connectivity index (χ1v) is 29.5. The van der Waals surface area contributed by atoms with Crippen molar-refractivity contribution < 1.29 is 26.8 Å². The van der Waals surface area contributed by atoms with E-state index in [4.69, 9.17) is 0 Å². The average molecular weight is 702 g/mol. The fourth-order valence-electron chi connectivity index (χ4n) is 9.18. The van der Waals surface area contributed by atoms with Crippen LogP contribution >= 0.6 is 0 Å². The minimum absolute atomic E-state index is 0. The monoisotopic (exact) mass is 700 g/mol. The Balaban J connectivity index is 0.00000186. The Morgan fingerprint density at radius 1 is 0.457 bits per heavy atom. The molecule has 0 saturated heterocycles. The van der Waals surface area contributed by atoms with Crippen LogP contribution in [0.2, 0.25) is 9.26 Å². The van der Waals surface area contributed by atoms with Gasteiger partial charge in [0.25, 0.3) is 0 Å². The van der Waals surface area contributed by atoms with Gasteiger partial charge < -0.3 is 0 Å². The van der Waals surface area contributed by atoms with E-state index < -0.39 is 17.4 Å². The van der Waals surface area contributed by atoms with E-state index in [1.54, 1.807) is 22.3 Å². The van der Waals surface area contributed by atoms with Crippen molar-refractivity contribution in [1.82, 2.24) is 0 Å². The molecule has 4 heteroatoms. The quantitative estimate of drug-likeness (QED) is 0.161. The van der Waals surface area contributed by atoms with Crippen LogP contribution in [-0.2, 0) is 17.4 Å². The van der Waals surface area contributed by atoms with Gasteiger partial charge in [0, 0.05) is 0 Å². The molecule has 0 nitrogen and oxygen atoms in total. The molecule has 0 bridgehead atoms. The summed E-state index contributed by atoms with van der Waals surface area (Å²) in [6.07, 6.45) is 5.07. The second-order valence-electron chi connectivity index (χ2n) is 14.2. The minimum Gasteiger partial charge on any atom is -0.269 e. The van der Waals surface area contributed by atoms with E-state index in [1.807, 2.05) is 0 Å². The van der Waals surface area contributed by atoms with Gasteiger partial charge in [-0.25, -0.2) is 0 Å². The topological polar surface area (TPSA) is 0 Å². The van der Waals surface area contributed by atoms with Crippen molar-refractivity contribution in [2.45, 2.75) is 30.4 Å². The zero-order valence-corrected chi connectivity index (χ0v) is 30.8. The van der Waals surface area contributed by atoms with Crippen LogP contribution in [0.4, 0.5) is 9.41 Å². The van der Waals surface area contributed by atoms with Crippen LogP contribution in [0.25, 0.3) is 56.0 Å². The molecule has 230 valence electrons. The van der Waals surface area contributed by atoms with Crippen molar-refractivity contribution in [2.75, 3.05) is 0 Å². The van der Waals surface area contributed by atoms with Crippen molar-refractivity contribution >= 4 is 40.6 Å². The summed E-state index contributed by atoms with van der Waals surface area (Å²) >= 11 is -3.62. The Hall–Kier alpha value is -3.72. The predicted molar refractivity (Wildman–Crippen MR) is 197 cm³/mol. The Labute approximate surface area is 273 Å². The maximum Gasteiger partial charge on any atom is -0.269 e. The van der Waals surface area contributed by atoms with Gasteiger partial charge in [0.2, 0.25) is 0 Å². The molecule has 0 aliphatic heterocycles. The summed E-state index contributed by atoms with van der Waals surface area (Å²) in [5, 5.41) is 5.27. The van der Waals surface area contributed by atoms with Gasteiger partial charge in [0.15, 0.2) is 0 Å². The Morgan fingerprint density at radius 3 is 1.24 bits per heavy atom. The molecule has 6 aromatic rings. The number of fused-ring (bicyclic) bond motifs is 4. The molecular weight excluding hydrogens is 662 g/mol. The molecular formula is C42H40F2SiZr. The Kier molecular flexibility index (Phi) is 8.06. The zero-order chi connectivity index (χ0) is 30.2. The average Bonchev–Trinajstić information content (AvgIpc) is 3.57. The summed E-state index contributed by atoms with van der Waals surface area (Å²) in [6, 6.07) is 45.3. The van der Waals surface area contributed by atoms with Crippen LogP contribution < -0.4 is 0 Å². The molecule has 0 radical (unpaired) electrons. The van der Waals surface area contributed by atoms with Crippen LogP contribution in [0, 0.1) is 0 Å². The molecule has 0 amide bonds.